The molecule has 17 unspecified atom stereocenters. The van der Waals surface area contributed by atoms with Crippen molar-refractivity contribution in [3.05, 3.63) is 72.9 Å². The third kappa shape index (κ3) is 42.4. The standard InChI is InChI=1S/C82H147NO18/c1-3-5-7-9-11-13-15-17-19-21-23-25-27-28-29-30-31-32-33-34-35-36-38-40-42-44-46-48-50-52-54-56-58-60-70(88)83-65(66(87)59-57-55-53-51-49-47-45-43-41-39-37-26-24-22-20-18-16-14-12-10-8-6-4-2)64-96-80-76(94)73(91)78(68(62-85)98-80)101-82-77(95)74(92)79(69(63-86)99-82)100-81-75(93)72(90)71(89)67(61-84)97-81/h5,7,11,13,17,19,23,25,28-29,57,59,65-69,71-82,84-87,89-95H,3-4,6,8-10,12,14-16,18,20-22,24,26-27,30-56,58,60-64H2,1-2H3,(H,83,88)/b7-5-,13-11-,19-17-,25-23-,29-28-,59-57+. The first-order valence-electron chi connectivity index (χ1n) is 40.7. The molecular formula is C82H147NO18. The first-order chi connectivity index (χ1) is 49.3. The van der Waals surface area contributed by atoms with Crippen molar-refractivity contribution in [2.45, 2.75) is 413 Å². The van der Waals surface area contributed by atoms with Gasteiger partial charge in [0.1, 0.15) is 73.2 Å². The Morgan fingerprint density at radius 3 is 1.07 bits per heavy atom. The third-order valence-electron chi connectivity index (χ3n) is 20.0. The normalized spacial score (nSPS) is 26.7. The lowest BCUT2D eigenvalue weighted by Crippen LogP contribution is -2.66. The number of rotatable bonds is 64. The first-order valence-corrected chi connectivity index (χ1v) is 40.7. The largest absolute Gasteiger partial charge is 0.394 e. The molecule has 3 saturated heterocycles. The predicted octanol–water partition coefficient (Wildman–Crippen LogP) is 13.6. The Kier molecular flexibility index (Phi) is 57.0. The van der Waals surface area contributed by atoms with E-state index in [1.54, 1.807) is 6.08 Å². The van der Waals surface area contributed by atoms with E-state index in [2.05, 4.69) is 79.9 Å². The zero-order valence-electron chi connectivity index (χ0n) is 62.9. The maximum Gasteiger partial charge on any atom is 0.220 e. The topological polar surface area (TPSA) is 307 Å². The first kappa shape index (κ1) is 92.4. The zero-order valence-corrected chi connectivity index (χ0v) is 62.9. The number of unbranched alkanes of at least 4 members (excludes halogenated alkanes) is 38. The van der Waals surface area contributed by atoms with Crippen molar-refractivity contribution in [3.8, 4) is 0 Å². The molecule has 3 aliphatic heterocycles. The summed E-state index contributed by atoms with van der Waals surface area (Å²) >= 11 is 0. The summed E-state index contributed by atoms with van der Waals surface area (Å²) in [5, 5.41) is 121. The van der Waals surface area contributed by atoms with Crippen LogP contribution in [0, 0.1) is 0 Å². The number of ether oxygens (including phenoxy) is 6. The Hall–Kier alpha value is -2.77. The highest BCUT2D eigenvalue weighted by atomic mass is 16.8. The third-order valence-corrected chi connectivity index (χ3v) is 20.0. The fraction of sp³-hybridized carbons (Fsp3) is 0.841. The zero-order chi connectivity index (χ0) is 73.2. The van der Waals surface area contributed by atoms with E-state index >= 15 is 0 Å². The van der Waals surface area contributed by atoms with E-state index in [4.69, 9.17) is 28.4 Å². The molecule has 0 aliphatic carbocycles. The molecule has 0 aromatic heterocycles. The molecule has 0 radical (unpaired) electrons. The fourth-order valence-corrected chi connectivity index (χ4v) is 13.5. The highest BCUT2D eigenvalue weighted by molar-refractivity contribution is 5.76. The maximum absolute atomic E-state index is 13.5. The molecule has 1 amide bonds. The molecule has 19 heteroatoms. The molecule has 588 valence electrons. The SMILES string of the molecule is CC/C=C\C/C=C\C/C=C\C/C=C\C/C=C\CCCCCCCCCCCCCCCCCCCC(=O)NC(COC1OC(CO)C(OC2OC(CO)C(OC3OC(CO)C(O)C(O)C3O)C(O)C2O)C(O)C1O)C(O)/C=C/CCCCCCCCCCCCCCCCCCCCCCC. The maximum atomic E-state index is 13.5. The average Bonchev–Trinajstić information content (AvgIpc) is 0.783. The summed E-state index contributed by atoms with van der Waals surface area (Å²) in [7, 11) is 0. The summed E-state index contributed by atoms with van der Waals surface area (Å²) < 4.78 is 34.5. The molecule has 19 nitrogen and oxygen atoms in total. The Labute approximate surface area is 610 Å². The Morgan fingerprint density at radius 2 is 0.683 bits per heavy atom. The predicted molar refractivity (Wildman–Crippen MR) is 401 cm³/mol. The van der Waals surface area contributed by atoms with Crippen LogP contribution in [0.3, 0.4) is 0 Å². The van der Waals surface area contributed by atoms with Gasteiger partial charge in [0, 0.05) is 6.42 Å². The van der Waals surface area contributed by atoms with E-state index < -0.39 is 124 Å². The van der Waals surface area contributed by atoms with E-state index in [0.29, 0.717) is 6.42 Å². The number of carbonyl (C=O) groups is 1. The van der Waals surface area contributed by atoms with Gasteiger partial charge in [-0.05, 0) is 64.2 Å². The van der Waals surface area contributed by atoms with Crippen molar-refractivity contribution < 1.29 is 89.4 Å². The van der Waals surface area contributed by atoms with Gasteiger partial charge in [-0.3, -0.25) is 4.79 Å². The molecule has 0 aromatic carbocycles. The van der Waals surface area contributed by atoms with Gasteiger partial charge in [0.05, 0.1) is 38.6 Å². The van der Waals surface area contributed by atoms with Crippen LogP contribution in [0.15, 0.2) is 72.9 Å². The minimum Gasteiger partial charge on any atom is -0.394 e. The molecule has 101 heavy (non-hydrogen) atoms. The lowest BCUT2D eigenvalue weighted by atomic mass is 9.96. The van der Waals surface area contributed by atoms with Crippen LogP contribution in [-0.2, 0) is 33.2 Å². The molecule has 3 fully saturated rings. The summed E-state index contributed by atoms with van der Waals surface area (Å²) in [5.74, 6) is -0.273. The molecule has 17 atom stereocenters. The summed E-state index contributed by atoms with van der Waals surface area (Å²) in [6, 6.07) is -0.976. The Morgan fingerprint density at radius 1 is 0.366 bits per heavy atom. The van der Waals surface area contributed by atoms with Crippen molar-refractivity contribution in [2.75, 3.05) is 26.4 Å². The lowest BCUT2D eigenvalue weighted by molar-refractivity contribution is -0.379. The van der Waals surface area contributed by atoms with Crippen LogP contribution >= 0.6 is 0 Å². The van der Waals surface area contributed by atoms with Crippen LogP contribution in [0.1, 0.15) is 309 Å². The fourth-order valence-electron chi connectivity index (χ4n) is 13.5. The highest BCUT2D eigenvalue weighted by Crippen LogP contribution is 2.33. The van der Waals surface area contributed by atoms with Gasteiger partial charge in [0.25, 0.3) is 0 Å². The van der Waals surface area contributed by atoms with Gasteiger partial charge in [0.2, 0.25) is 5.91 Å². The monoisotopic (exact) mass is 1430 g/mol. The average molecular weight is 1440 g/mol. The van der Waals surface area contributed by atoms with Gasteiger partial charge < -0.3 is 89.9 Å². The van der Waals surface area contributed by atoms with Crippen LogP contribution in [0.25, 0.3) is 0 Å². The molecule has 3 aliphatic rings. The van der Waals surface area contributed by atoms with Crippen LogP contribution in [0.5, 0.6) is 0 Å². The Bertz CT molecular complexity index is 2110. The summed E-state index contributed by atoms with van der Waals surface area (Å²) in [4.78, 5) is 13.5. The highest BCUT2D eigenvalue weighted by Gasteiger charge is 2.54. The van der Waals surface area contributed by atoms with Crippen LogP contribution in [-0.4, -0.2) is 193 Å². The van der Waals surface area contributed by atoms with E-state index in [1.807, 2.05) is 6.08 Å². The molecule has 0 spiro atoms. The molecule has 12 N–H and O–H groups in total. The molecular weight excluding hydrogens is 1290 g/mol. The van der Waals surface area contributed by atoms with Crippen molar-refractivity contribution in [2.24, 2.45) is 0 Å². The smallest absolute Gasteiger partial charge is 0.220 e. The molecule has 0 saturated carbocycles. The summed E-state index contributed by atoms with van der Waals surface area (Å²) in [6.07, 6.45) is 54.5. The van der Waals surface area contributed by atoms with Crippen LogP contribution < -0.4 is 5.32 Å². The number of hydrogen-bond acceptors (Lipinski definition) is 18. The summed E-state index contributed by atoms with van der Waals surface area (Å²) in [5.41, 5.74) is 0. The van der Waals surface area contributed by atoms with Gasteiger partial charge in [-0.2, -0.15) is 0 Å². The van der Waals surface area contributed by atoms with Crippen molar-refractivity contribution in [1.82, 2.24) is 5.32 Å². The number of allylic oxidation sites excluding steroid dienone is 11. The van der Waals surface area contributed by atoms with Gasteiger partial charge in [-0.15, -0.1) is 0 Å². The van der Waals surface area contributed by atoms with Crippen LogP contribution in [0.2, 0.25) is 0 Å². The van der Waals surface area contributed by atoms with Crippen LogP contribution in [0.4, 0.5) is 0 Å². The van der Waals surface area contributed by atoms with Gasteiger partial charge in [0.15, 0.2) is 18.9 Å². The number of nitrogens with one attached hydrogen (secondary N) is 1. The number of aliphatic hydroxyl groups excluding tert-OH is 11. The quantitative estimate of drug-likeness (QED) is 0.0199. The molecule has 3 heterocycles. The van der Waals surface area contributed by atoms with Crippen molar-refractivity contribution in [3.63, 3.8) is 0 Å². The van der Waals surface area contributed by atoms with E-state index in [1.165, 1.54) is 205 Å². The second kappa shape index (κ2) is 62.3. The number of hydrogen-bond donors (Lipinski definition) is 12. The second-order valence-corrected chi connectivity index (χ2v) is 28.9. The second-order valence-electron chi connectivity index (χ2n) is 28.9. The number of amides is 1. The minimum atomic E-state index is -1.98. The van der Waals surface area contributed by atoms with Gasteiger partial charge >= 0.3 is 0 Å². The van der Waals surface area contributed by atoms with Crippen molar-refractivity contribution >= 4 is 5.91 Å². The molecule has 3 rings (SSSR count). The molecule has 0 aromatic rings. The number of carbonyl (C=O) groups excluding carboxylic acids is 1. The Balaban J connectivity index is 1.36. The van der Waals surface area contributed by atoms with Gasteiger partial charge in [-0.1, -0.05) is 311 Å². The minimum absolute atomic E-state index is 0.243. The van der Waals surface area contributed by atoms with E-state index in [0.717, 1.165) is 77.0 Å². The van der Waals surface area contributed by atoms with E-state index in [-0.39, 0.29) is 18.9 Å². The van der Waals surface area contributed by atoms with Crippen molar-refractivity contribution in [1.29, 1.82) is 0 Å². The molecule has 0 bridgehead atoms. The van der Waals surface area contributed by atoms with E-state index in [9.17, 15) is 61.0 Å². The lowest BCUT2D eigenvalue weighted by Gasteiger charge is -2.48. The summed E-state index contributed by atoms with van der Waals surface area (Å²) in [6.45, 7) is 1.66. The van der Waals surface area contributed by atoms with Gasteiger partial charge in [-0.25, -0.2) is 0 Å². The number of aliphatic hydroxyl groups is 11.